The Labute approximate surface area is 127 Å². The Hall–Kier alpha value is -1.59. The van der Waals surface area contributed by atoms with E-state index in [1.807, 2.05) is 28.9 Å². The standard InChI is InChI=1S/C15H18ClN3O2/c16-11-3-6-14-18-13(9-19(14)8-11)7-17-12-4-1-10(2-5-12)15(20)21/h3,6,8-10,12,17H,1-2,4-5,7H2,(H,20,21). The van der Waals surface area contributed by atoms with E-state index in [2.05, 4.69) is 10.3 Å². The van der Waals surface area contributed by atoms with Crippen molar-refractivity contribution in [3.8, 4) is 0 Å². The van der Waals surface area contributed by atoms with Gasteiger partial charge in [-0.1, -0.05) is 11.6 Å². The molecule has 21 heavy (non-hydrogen) atoms. The molecule has 0 amide bonds. The van der Waals surface area contributed by atoms with Crippen LogP contribution < -0.4 is 5.32 Å². The van der Waals surface area contributed by atoms with Crippen molar-refractivity contribution in [3.05, 3.63) is 35.2 Å². The molecule has 2 aromatic rings. The third-order valence-corrected chi connectivity index (χ3v) is 4.34. The SMILES string of the molecule is O=C(O)C1CCC(NCc2cn3cc(Cl)ccc3n2)CC1. The Kier molecular flexibility index (Phi) is 4.12. The summed E-state index contributed by atoms with van der Waals surface area (Å²) in [5.74, 6) is -0.828. The molecule has 1 aliphatic rings. The van der Waals surface area contributed by atoms with Crippen LogP contribution in [0.5, 0.6) is 0 Å². The number of imidazole rings is 1. The second kappa shape index (κ2) is 6.03. The van der Waals surface area contributed by atoms with Gasteiger partial charge in [0.1, 0.15) is 5.65 Å². The van der Waals surface area contributed by atoms with Crippen LogP contribution in [0.2, 0.25) is 5.02 Å². The van der Waals surface area contributed by atoms with Gasteiger partial charge in [0.15, 0.2) is 0 Å². The third-order valence-electron chi connectivity index (χ3n) is 4.11. The fraction of sp³-hybridized carbons (Fsp3) is 0.467. The van der Waals surface area contributed by atoms with Gasteiger partial charge in [0.25, 0.3) is 0 Å². The highest BCUT2D eigenvalue weighted by Gasteiger charge is 2.25. The van der Waals surface area contributed by atoms with Crippen molar-refractivity contribution in [2.24, 2.45) is 5.92 Å². The zero-order valence-electron chi connectivity index (χ0n) is 11.6. The molecular weight excluding hydrogens is 290 g/mol. The molecular formula is C15H18ClN3O2. The molecule has 3 rings (SSSR count). The number of aliphatic carboxylic acids is 1. The molecule has 0 radical (unpaired) electrons. The fourth-order valence-corrected chi connectivity index (χ4v) is 3.06. The summed E-state index contributed by atoms with van der Waals surface area (Å²) < 4.78 is 1.92. The minimum Gasteiger partial charge on any atom is -0.481 e. The van der Waals surface area contributed by atoms with E-state index in [0.717, 1.165) is 37.0 Å². The summed E-state index contributed by atoms with van der Waals surface area (Å²) in [6.45, 7) is 0.696. The number of rotatable bonds is 4. The van der Waals surface area contributed by atoms with Gasteiger partial charge in [-0.3, -0.25) is 4.79 Å². The van der Waals surface area contributed by atoms with E-state index in [0.29, 0.717) is 17.6 Å². The lowest BCUT2D eigenvalue weighted by atomic mass is 9.86. The Morgan fingerprint density at radius 2 is 2.10 bits per heavy atom. The van der Waals surface area contributed by atoms with Crippen molar-refractivity contribution < 1.29 is 9.90 Å². The van der Waals surface area contributed by atoms with Gasteiger partial charge in [0.2, 0.25) is 0 Å². The Bertz CT molecular complexity index is 647. The summed E-state index contributed by atoms with van der Waals surface area (Å²) >= 11 is 5.95. The van der Waals surface area contributed by atoms with Crippen molar-refractivity contribution in [1.29, 1.82) is 0 Å². The summed E-state index contributed by atoms with van der Waals surface area (Å²) in [4.78, 5) is 15.5. The van der Waals surface area contributed by atoms with Gasteiger partial charge in [0.05, 0.1) is 16.6 Å². The molecule has 0 aromatic carbocycles. The predicted octanol–water partition coefficient (Wildman–Crippen LogP) is 2.72. The molecule has 1 fully saturated rings. The lowest BCUT2D eigenvalue weighted by Gasteiger charge is -2.26. The average molecular weight is 308 g/mol. The van der Waals surface area contributed by atoms with Crippen LogP contribution in [0, 0.1) is 5.92 Å². The number of fused-ring (bicyclic) bond motifs is 1. The Morgan fingerprint density at radius 1 is 1.33 bits per heavy atom. The van der Waals surface area contributed by atoms with Crippen molar-refractivity contribution >= 4 is 23.2 Å². The van der Waals surface area contributed by atoms with Gasteiger partial charge in [-0.15, -0.1) is 0 Å². The van der Waals surface area contributed by atoms with E-state index < -0.39 is 5.97 Å². The monoisotopic (exact) mass is 307 g/mol. The minimum atomic E-state index is -0.661. The maximum absolute atomic E-state index is 10.9. The largest absolute Gasteiger partial charge is 0.481 e. The number of pyridine rings is 1. The quantitative estimate of drug-likeness (QED) is 0.911. The highest BCUT2D eigenvalue weighted by Crippen LogP contribution is 2.24. The molecule has 0 aliphatic heterocycles. The number of carboxylic acid groups (broad SMARTS) is 1. The molecule has 2 aromatic heterocycles. The second-order valence-electron chi connectivity index (χ2n) is 5.61. The molecule has 0 atom stereocenters. The normalized spacial score (nSPS) is 22.5. The van der Waals surface area contributed by atoms with Crippen LogP contribution in [0.3, 0.4) is 0 Å². The number of halogens is 1. The zero-order chi connectivity index (χ0) is 14.8. The maximum atomic E-state index is 10.9. The number of carboxylic acids is 1. The Balaban J connectivity index is 1.56. The van der Waals surface area contributed by atoms with Crippen molar-refractivity contribution in [2.75, 3.05) is 0 Å². The third kappa shape index (κ3) is 3.36. The molecule has 0 unspecified atom stereocenters. The fourth-order valence-electron chi connectivity index (χ4n) is 2.90. The van der Waals surface area contributed by atoms with Crippen LogP contribution in [-0.2, 0) is 11.3 Å². The topological polar surface area (TPSA) is 66.6 Å². The van der Waals surface area contributed by atoms with Crippen molar-refractivity contribution in [1.82, 2.24) is 14.7 Å². The predicted molar refractivity (Wildman–Crippen MR) is 80.4 cm³/mol. The highest BCUT2D eigenvalue weighted by molar-refractivity contribution is 6.30. The first kappa shape index (κ1) is 14.4. The van der Waals surface area contributed by atoms with Crippen LogP contribution in [0.1, 0.15) is 31.4 Å². The Morgan fingerprint density at radius 3 is 2.81 bits per heavy atom. The number of nitrogens with one attached hydrogen (secondary N) is 1. The lowest BCUT2D eigenvalue weighted by Crippen LogP contribution is -2.34. The van der Waals surface area contributed by atoms with Crippen molar-refractivity contribution in [2.45, 2.75) is 38.3 Å². The smallest absolute Gasteiger partial charge is 0.306 e. The molecule has 1 saturated carbocycles. The molecule has 6 heteroatoms. The number of hydrogen-bond acceptors (Lipinski definition) is 3. The van der Waals surface area contributed by atoms with Crippen LogP contribution in [0.15, 0.2) is 24.5 Å². The van der Waals surface area contributed by atoms with E-state index >= 15 is 0 Å². The molecule has 5 nitrogen and oxygen atoms in total. The van der Waals surface area contributed by atoms with Gasteiger partial charge >= 0.3 is 5.97 Å². The van der Waals surface area contributed by atoms with Gasteiger partial charge in [-0.05, 0) is 37.8 Å². The van der Waals surface area contributed by atoms with Crippen LogP contribution in [0.25, 0.3) is 5.65 Å². The van der Waals surface area contributed by atoms with E-state index in [1.165, 1.54) is 0 Å². The summed E-state index contributed by atoms with van der Waals surface area (Å²) in [5, 5.41) is 13.1. The highest BCUT2D eigenvalue weighted by atomic mass is 35.5. The molecule has 2 N–H and O–H groups in total. The molecule has 1 aliphatic carbocycles. The number of nitrogens with zero attached hydrogens (tertiary/aromatic N) is 2. The van der Waals surface area contributed by atoms with E-state index in [-0.39, 0.29) is 5.92 Å². The summed E-state index contributed by atoms with van der Waals surface area (Å²) in [6.07, 6.45) is 7.15. The second-order valence-corrected chi connectivity index (χ2v) is 6.05. The van der Waals surface area contributed by atoms with Crippen molar-refractivity contribution in [3.63, 3.8) is 0 Å². The first-order chi connectivity index (χ1) is 10.1. The number of carbonyl (C=O) groups is 1. The van der Waals surface area contributed by atoms with Crippen LogP contribution in [0.4, 0.5) is 0 Å². The maximum Gasteiger partial charge on any atom is 0.306 e. The molecule has 0 saturated heterocycles. The van der Waals surface area contributed by atoms with E-state index in [1.54, 1.807) is 0 Å². The first-order valence-corrected chi connectivity index (χ1v) is 7.59. The summed E-state index contributed by atoms with van der Waals surface area (Å²) in [7, 11) is 0. The minimum absolute atomic E-state index is 0.166. The summed E-state index contributed by atoms with van der Waals surface area (Å²) in [6, 6.07) is 4.10. The van der Waals surface area contributed by atoms with E-state index in [4.69, 9.17) is 16.7 Å². The van der Waals surface area contributed by atoms with Crippen LogP contribution in [-0.4, -0.2) is 26.5 Å². The van der Waals surface area contributed by atoms with Gasteiger partial charge in [-0.2, -0.15) is 0 Å². The average Bonchev–Trinajstić information content (AvgIpc) is 2.87. The van der Waals surface area contributed by atoms with Gasteiger partial charge in [-0.25, -0.2) is 4.98 Å². The molecule has 2 heterocycles. The molecule has 112 valence electrons. The first-order valence-electron chi connectivity index (χ1n) is 7.21. The van der Waals surface area contributed by atoms with Gasteiger partial charge < -0.3 is 14.8 Å². The van der Waals surface area contributed by atoms with E-state index in [9.17, 15) is 4.79 Å². The molecule has 0 spiro atoms. The lowest BCUT2D eigenvalue weighted by molar-refractivity contribution is -0.142. The molecule has 0 bridgehead atoms. The van der Waals surface area contributed by atoms with Gasteiger partial charge in [0, 0.05) is 25.0 Å². The number of hydrogen-bond donors (Lipinski definition) is 2. The summed E-state index contributed by atoms with van der Waals surface area (Å²) in [5.41, 5.74) is 1.85. The van der Waals surface area contributed by atoms with Crippen LogP contribution >= 0.6 is 11.6 Å². The zero-order valence-corrected chi connectivity index (χ0v) is 12.4. The number of aromatic nitrogens is 2.